The van der Waals surface area contributed by atoms with Gasteiger partial charge < -0.3 is 36.9 Å². The zero-order valence-electron chi connectivity index (χ0n) is 16.8. The van der Waals surface area contributed by atoms with Crippen LogP contribution in [0.1, 0.15) is 18.5 Å². The Labute approximate surface area is 181 Å². The van der Waals surface area contributed by atoms with Crippen molar-refractivity contribution in [2.75, 3.05) is 18.6 Å². The number of thioether (sulfide) groups is 1. The first-order chi connectivity index (χ1) is 14.6. The van der Waals surface area contributed by atoms with Crippen molar-refractivity contribution in [1.29, 1.82) is 0 Å². The van der Waals surface area contributed by atoms with E-state index in [0.717, 1.165) is 0 Å². The number of aliphatic carboxylic acids is 2. The van der Waals surface area contributed by atoms with E-state index in [4.69, 9.17) is 10.8 Å². The molecule has 0 aliphatic heterocycles. The number of imidazole rings is 1. The Hall–Kier alpha value is -3.13. The van der Waals surface area contributed by atoms with Crippen LogP contribution in [-0.2, 0) is 30.4 Å². The monoisotopic (exact) mass is 458 g/mol. The van der Waals surface area contributed by atoms with Gasteiger partial charge in [-0.25, -0.2) is 9.78 Å². The number of carboxylic acid groups (broad SMARTS) is 2. The zero-order valence-corrected chi connectivity index (χ0v) is 17.6. The molecule has 0 aromatic carbocycles. The topological polar surface area (TPSA) is 217 Å². The van der Waals surface area contributed by atoms with Gasteiger partial charge in [-0.2, -0.15) is 11.8 Å². The van der Waals surface area contributed by atoms with Crippen LogP contribution in [0.2, 0.25) is 0 Å². The van der Waals surface area contributed by atoms with Crippen molar-refractivity contribution in [3.63, 3.8) is 0 Å². The van der Waals surface area contributed by atoms with Gasteiger partial charge in [0.05, 0.1) is 25.3 Å². The molecule has 0 fully saturated rings. The van der Waals surface area contributed by atoms with Gasteiger partial charge in [-0.15, -0.1) is 0 Å². The SMILES string of the molecule is CSCCC(NC(=O)C(N)CC(=O)O)C(=O)NCC(=O)NC(Cc1cnc[nH]1)C(=O)O. The molecule has 0 aliphatic carbocycles. The fraction of sp³-hybridized carbons (Fsp3) is 0.529. The van der Waals surface area contributed by atoms with Crippen molar-refractivity contribution in [1.82, 2.24) is 25.9 Å². The Morgan fingerprint density at radius 1 is 1.16 bits per heavy atom. The third kappa shape index (κ3) is 9.95. The van der Waals surface area contributed by atoms with E-state index in [1.807, 2.05) is 0 Å². The number of carbonyl (C=O) groups excluding carboxylic acids is 3. The molecule has 0 saturated carbocycles. The first-order valence-corrected chi connectivity index (χ1v) is 10.6. The molecule has 14 heteroatoms. The maximum Gasteiger partial charge on any atom is 0.326 e. The summed E-state index contributed by atoms with van der Waals surface area (Å²) >= 11 is 1.42. The molecule has 0 bridgehead atoms. The highest BCUT2D eigenvalue weighted by Gasteiger charge is 2.26. The number of carbonyl (C=O) groups is 5. The van der Waals surface area contributed by atoms with Crippen LogP contribution in [0.4, 0.5) is 0 Å². The Balaban J connectivity index is 2.62. The van der Waals surface area contributed by atoms with E-state index < -0.39 is 60.8 Å². The molecule has 13 nitrogen and oxygen atoms in total. The third-order valence-corrected chi connectivity index (χ3v) is 4.65. The number of H-pyrrole nitrogens is 1. The van der Waals surface area contributed by atoms with Gasteiger partial charge in [0, 0.05) is 18.3 Å². The highest BCUT2D eigenvalue weighted by atomic mass is 32.2. The number of nitrogens with zero attached hydrogens (tertiary/aromatic N) is 1. The summed E-state index contributed by atoms with van der Waals surface area (Å²) < 4.78 is 0. The molecule has 3 amide bonds. The highest BCUT2D eigenvalue weighted by Crippen LogP contribution is 2.03. The molecular formula is C17H26N6O7S. The van der Waals surface area contributed by atoms with Crippen molar-refractivity contribution < 1.29 is 34.2 Å². The minimum atomic E-state index is -1.33. The zero-order chi connectivity index (χ0) is 23.4. The van der Waals surface area contributed by atoms with E-state index in [1.165, 1.54) is 24.3 Å². The number of nitrogens with two attached hydrogens (primary N) is 1. The lowest BCUT2D eigenvalue weighted by Crippen LogP contribution is -2.54. The number of hydrogen-bond donors (Lipinski definition) is 7. The Kier molecular flexibility index (Phi) is 11.1. The number of hydrogen-bond acceptors (Lipinski definition) is 8. The van der Waals surface area contributed by atoms with Crippen molar-refractivity contribution in [3.05, 3.63) is 18.2 Å². The third-order valence-electron chi connectivity index (χ3n) is 4.01. The fourth-order valence-electron chi connectivity index (χ4n) is 2.42. The van der Waals surface area contributed by atoms with Gasteiger partial charge in [0.25, 0.3) is 0 Å². The van der Waals surface area contributed by atoms with Crippen molar-refractivity contribution in [2.45, 2.75) is 37.4 Å². The van der Waals surface area contributed by atoms with Crippen LogP contribution in [0.25, 0.3) is 0 Å². The largest absolute Gasteiger partial charge is 0.481 e. The van der Waals surface area contributed by atoms with Crippen LogP contribution in [0.5, 0.6) is 0 Å². The Morgan fingerprint density at radius 2 is 1.87 bits per heavy atom. The van der Waals surface area contributed by atoms with Gasteiger partial charge in [0.2, 0.25) is 17.7 Å². The minimum absolute atomic E-state index is 0.0249. The molecule has 1 heterocycles. The average molecular weight is 458 g/mol. The number of amides is 3. The predicted molar refractivity (Wildman–Crippen MR) is 110 cm³/mol. The van der Waals surface area contributed by atoms with Crippen LogP contribution >= 0.6 is 11.8 Å². The van der Waals surface area contributed by atoms with E-state index in [1.54, 1.807) is 6.26 Å². The quantitative estimate of drug-likeness (QED) is 0.158. The second-order valence-corrected chi connectivity index (χ2v) is 7.49. The molecule has 8 N–H and O–H groups in total. The summed E-state index contributed by atoms with van der Waals surface area (Å²) in [5.74, 6) is -4.24. The van der Waals surface area contributed by atoms with Crippen LogP contribution in [0, 0.1) is 0 Å². The van der Waals surface area contributed by atoms with Crippen LogP contribution in [0.3, 0.4) is 0 Å². The summed E-state index contributed by atoms with van der Waals surface area (Å²) in [7, 11) is 0. The van der Waals surface area contributed by atoms with Crippen LogP contribution < -0.4 is 21.7 Å². The van der Waals surface area contributed by atoms with Gasteiger partial charge in [-0.3, -0.25) is 19.2 Å². The average Bonchev–Trinajstić information content (AvgIpc) is 3.21. The van der Waals surface area contributed by atoms with Crippen molar-refractivity contribution in [3.8, 4) is 0 Å². The summed E-state index contributed by atoms with van der Waals surface area (Å²) in [6.07, 6.45) is 4.20. The van der Waals surface area contributed by atoms with Gasteiger partial charge >= 0.3 is 11.9 Å². The van der Waals surface area contributed by atoms with Gasteiger partial charge in [-0.05, 0) is 18.4 Å². The molecule has 0 spiro atoms. The van der Waals surface area contributed by atoms with Crippen LogP contribution in [-0.4, -0.2) is 86.5 Å². The summed E-state index contributed by atoms with van der Waals surface area (Å²) in [6.45, 7) is -0.515. The molecule has 0 saturated heterocycles. The summed E-state index contributed by atoms with van der Waals surface area (Å²) in [4.78, 5) is 65.1. The standard InChI is InChI=1S/C17H26N6O7S/c1-31-3-2-11(23-15(27)10(18)5-14(25)26)16(28)20-7-13(24)22-12(17(29)30)4-9-6-19-8-21-9/h6,8,10-12H,2-5,7,18H2,1H3,(H,19,21)(H,20,28)(H,22,24)(H,23,27)(H,25,26)(H,29,30). The predicted octanol–water partition coefficient (Wildman–Crippen LogP) is -2.32. The van der Waals surface area contributed by atoms with E-state index in [0.29, 0.717) is 11.4 Å². The molecule has 3 unspecified atom stereocenters. The normalized spacial score (nSPS) is 13.5. The lowest BCUT2D eigenvalue weighted by molar-refractivity contribution is -0.141. The number of aromatic amines is 1. The van der Waals surface area contributed by atoms with Gasteiger partial charge in [0.1, 0.15) is 12.1 Å². The number of rotatable bonds is 14. The van der Waals surface area contributed by atoms with Gasteiger partial charge in [0.15, 0.2) is 0 Å². The second kappa shape index (κ2) is 13.2. The molecule has 0 aliphatic rings. The lowest BCUT2D eigenvalue weighted by atomic mass is 10.1. The molecule has 1 rings (SSSR count). The molecule has 1 aromatic heterocycles. The number of nitrogens with one attached hydrogen (secondary N) is 4. The lowest BCUT2D eigenvalue weighted by Gasteiger charge is -2.20. The number of aromatic nitrogens is 2. The molecule has 3 atom stereocenters. The second-order valence-electron chi connectivity index (χ2n) is 6.50. The van der Waals surface area contributed by atoms with Crippen LogP contribution in [0.15, 0.2) is 12.5 Å². The molecule has 31 heavy (non-hydrogen) atoms. The summed E-state index contributed by atoms with van der Waals surface area (Å²) in [5.41, 5.74) is 6.01. The van der Waals surface area contributed by atoms with E-state index in [9.17, 15) is 29.1 Å². The molecule has 0 radical (unpaired) electrons. The van der Waals surface area contributed by atoms with E-state index in [-0.39, 0.29) is 12.8 Å². The maximum atomic E-state index is 12.4. The minimum Gasteiger partial charge on any atom is -0.481 e. The van der Waals surface area contributed by atoms with E-state index in [2.05, 4.69) is 25.9 Å². The first kappa shape index (κ1) is 25.9. The molecular weight excluding hydrogens is 432 g/mol. The van der Waals surface area contributed by atoms with Crippen molar-refractivity contribution >= 4 is 41.4 Å². The molecule has 1 aromatic rings. The Morgan fingerprint density at radius 3 is 2.42 bits per heavy atom. The summed E-state index contributed by atoms with van der Waals surface area (Å²) in [6, 6.07) is -3.59. The highest BCUT2D eigenvalue weighted by molar-refractivity contribution is 7.98. The smallest absolute Gasteiger partial charge is 0.326 e. The number of carboxylic acids is 2. The van der Waals surface area contributed by atoms with Crippen molar-refractivity contribution in [2.24, 2.45) is 5.73 Å². The maximum absolute atomic E-state index is 12.4. The molecule has 172 valence electrons. The fourth-order valence-corrected chi connectivity index (χ4v) is 2.89. The first-order valence-electron chi connectivity index (χ1n) is 9.17. The van der Waals surface area contributed by atoms with E-state index >= 15 is 0 Å². The van der Waals surface area contributed by atoms with Gasteiger partial charge in [-0.1, -0.05) is 0 Å². The Bertz CT molecular complexity index is 773. The summed E-state index contributed by atoms with van der Waals surface area (Å²) in [5, 5.41) is 25.0.